The predicted molar refractivity (Wildman–Crippen MR) is 168 cm³/mol. The summed E-state index contributed by atoms with van der Waals surface area (Å²) in [5.41, 5.74) is 2.87. The Bertz CT molecular complexity index is 1570. The number of ether oxygens (including phenoxy) is 2. The maximum Gasteiger partial charge on any atom is 0.309 e. The Balaban J connectivity index is 1.30. The number of nitrogens with zero attached hydrogens (tertiary/aromatic N) is 4. The highest BCUT2D eigenvalue weighted by Crippen LogP contribution is 2.31. The molecule has 0 radical (unpaired) electrons. The number of nitrogens with one attached hydrogen (secondary N) is 1. The summed E-state index contributed by atoms with van der Waals surface area (Å²) in [6.45, 7) is 9.61. The van der Waals surface area contributed by atoms with Gasteiger partial charge in [0, 0.05) is 12.1 Å². The van der Waals surface area contributed by atoms with Crippen molar-refractivity contribution >= 4 is 23.4 Å². The lowest BCUT2D eigenvalue weighted by Gasteiger charge is -2.33. The molecule has 0 spiro atoms. The molecule has 1 aliphatic rings. The highest BCUT2D eigenvalue weighted by Gasteiger charge is 2.27. The number of rotatable bonds is 11. The zero-order valence-corrected chi connectivity index (χ0v) is 25.2. The number of pyridine rings is 1. The third kappa shape index (κ3) is 7.41. The van der Waals surface area contributed by atoms with Gasteiger partial charge in [-0.2, -0.15) is 0 Å². The molecule has 0 bridgehead atoms. The number of benzene rings is 2. The number of aromatic nitrogens is 3. The molecule has 5 rings (SSSR count). The lowest BCUT2D eigenvalue weighted by atomic mass is 9.85. The predicted octanol–water partition coefficient (Wildman–Crippen LogP) is 6.69. The largest absolute Gasteiger partial charge is 0.490 e. The number of anilines is 3. The average Bonchev–Trinajstić information content (AvgIpc) is 2.99. The summed E-state index contributed by atoms with van der Waals surface area (Å²) in [7, 11) is 0. The fourth-order valence-electron chi connectivity index (χ4n) is 5.25. The molecule has 0 amide bonds. The second kappa shape index (κ2) is 13.1. The topological polar surface area (TPSA) is 110 Å². The first-order chi connectivity index (χ1) is 20.7. The first kappa shape index (κ1) is 29.8. The Kier molecular flexibility index (Phi) is 9.09. The van der Waals surface area contributed by atoms with Gasteiger partial charge in [0.1, 0.15) is 17.7 Å². The van der Waals surface area contributed by atoms with E-state index in [1.54, 1.807) is 26.2 Å². The van der Waals surface area contributed by atoms with Crippen LogP contribution in [-0.4, -0.2) is 51.8 Å². The van der Waals surface area contributed by atoms with E-state index < -0.39 is 11.4 Å². The van der Waals surface area contributed by atoms with Crippen molar-refractivity contribution in [3.63, 3.8) is 0 Å². The molecular formula is C34H39N5O4. The van der Waals surface area contributed by atoms with Gasteiger partial charge in [0.25, 0.3) is 0 Å². The molecule has 1 fully saturated rings. The van der Waals surface area contributed by atoms with Crippen LogP contribution in [-0.2, 0) is 11.2 Å². The Hall–Kier alpha value is -4.66. The van der Waals surface area contributed by atoms with Crippen LogP contribution in [0.4, 0.5) is 17.5 Å². The number of aryl methyl sites for hydroxylation is 1. The summed E-state index contributed by atoms with van der Waals surface area (Å²) >= 11 is 0. The molecular weight excluding hydrogens is 542 g/mol. The van der Waals surface area contributed by atoms with Crippen molar-refractivity contribution in [2.24, 2.45) is 5.41 Å². The van der Waals surface area contributed by atoms with E-state index in [2.05, 4.69) is 15.2 Å². The van der Waals surface area contributed by atoms with E-state index in [1.807, 2.05) is 74.5 Å². The zero-order chi connectivity index (χ0) is 30.4. The number of hydrogen-bond donors (Lipinski definition) is 2. The van der Waals surface area contributed by atoms with Gasteiger partial charge in [-0.3, -0.25) is 9.78 Å². The molecule has 0 saturated carbocycles. The second-order valence-corrected chi connectivity index (χ2v) is 11.5. The standard InChI is InChI=1S/C34H39N5O4/c1-5-42-27-13-6-7-14-28(27)43-26-12-9-17-39(22-26)31-21-35-20-30(37-31)36-29-16-15-23(2)32(38-29)25-11-8-10-24(18-25)19-34(3,4)33(40)41/h6-8,10-11,13-16,18,20-21,26H,5,9,12,17,19,22H2,1-4H3,(H,40,41)(H,36,37,38)/t26-/m1/s1. The molecule has 43 heavy (non-hydrogen) atoms. The van der Waals surface area contributed by atoms with E-state index in [4.69, 9.17) is 19.4 Å². The van der Waals surface area contributed by atoms with Crippen LogP contribution in [0.2, 0.25) is 0 Å². The molecule has 1 saturated heterocycles. The maximum atomic E-state index is 11.7. The summed E-state index contributed by atoms with van der Waals surface area (Å²) < 4.78 is 12.1. The van der Waals surface area contributed by atoms with Gasteiger partial charge in [-0.1, -0.05) is 36.4 Å². The van der Waals surface area contributed by atoms with Crippen LogP contribution < -0.4 is 19.7 Å². The normalized spacial score (nSPS) is 15.2. The third-order valence-corrected chi connectivity index (χ3v) is 7.55. The minimum Gasteiger partial charge on any atom is -0.490 e. The summed E-state index contributed by atoms with van der Waals surface area (Å²) in [5, 5.41) is 12.9. The molecule has 4 aromatic rings. The first-order valence-electron chi connectivity index (χ1n) is 14.7. The van der Waals surface area contributed by atoms with Gasteiger partial charge in [-0.15, -0.1) is 0 Å². The molecule has 0 aliphatic carbocycles. The van der Waals surface area contributed by atoms with E-state index in [1.165, 1.54) is 0 Å². The third-order valence-electron chi connectivity index (χ3n) is 7.55. The van der Waals surface area contributed by atoms with E-state index >= 15 is 0 Å². The van der Waals surface area contributed by atoms with Crippen molar-refractivity contribution < 1.29 is 19.4 Å². The van der Waals surface area contributed by atoms with Crippen LogP contribution in [0, 0.1) is 12.3 Å². The van der Waals surface area contributed by atoms with Gasteiger partial charge < -0.3 is 24.8 Å². The molecule has 0 unspecified atom stereocenters. The average molecular weight is 582 g/mol. The Morgan fingerprint density at radius 3 is 2.65 bits per heavy atom. The van der Waals surface area contributed by atoms with Crippen molar-refractivity contribution in [1.82, 2.24) is 15.0 Å². The molecule has 1 atom stereocenters. The Morgan fingerprint density at radius 1 is 1.05 bits per heavy atom. The van der Waals surface area contributed by atoms with Crippen LogP contribution in [0.15, 0.2) is 73.1 Å². The summed E-state index contributed by atoms with van der Waals surface area (Å²) in [5.74, 6) is 2.72. The summed E-state index contributed by atoms with van der Waals surface area (Å²) in [4.78, 5) is 28.1. The van der Waals surface area contributed by atoms with E-state index in [-0.39, 0.29) is 6.10 Å². The molecule has 2 aromatic heterocycles. The SMILES string of the molecule is CCOc1ccccc1O[C@@H]1CCCN(c2cncc(Nc3ccc(C)c(-c4cccc(CC(C)(C)C(=O)O)c4)n3)n2)C1. The zero-order valence-electron chi connectivity index (χ0n) is 25.2. The van der Waals surface area contributed by atoms with Crippen LogP contribution in [0.3, 0.4) is 0 Å². The van der Waals surface area contributed by atoms with Crippen LogP contribution in [0.25, 0.3) is 11.3 Å². The summed E-state index contributed by atoms with van der Waals surface area (Å²) in [6, 6.07) is 19.7. The van der Waals surface area contributed by atoms with E-state index in [0.29, 0.717) is 31.2 Å². The summed E-state index contributed by atoms with van der Waals surface area (Å²) in [6.07, 6.45) is 5.83. The van der Waals surface area contributed by atoms with Crippen molar-refractivity contribution in [3.8, 4) is 22.8 Å². The van der Waals surface area contributed by atoms with Crippen molar-refractivity contribution in [3.05, 3.63) is 84.2 Å². The molecule has 9 nitrogen and oxygen atoms in total. The lowest BCUT2D eigenvalue weighted by Crippen LogP contribution is -2.41. The van der Waals surface area contributed by atoms with Gasteiger partial charge in [0.05, 0.1) is 36.7 Å². The fourth-order valence-corrected chi connectivity index (χ4v) is 5.25. The molecule has 9 heteroatoms. The number of carboxylic acid groups (broad SMARTS) is 1. The second-order valence-electron chi connectivity index (χ2n) is 11.5. The number of piperidine rings is 1. The van der Waals surface area contributed by atoms with E-state index in [9.17, 15) is 9.90 Å². The van der Waals surface area contributed by atoms with Gasteiger partial charge in [0.15, 0.2) is 17.3 Å². The number of para-hydroxylation sites is 2. The van der Waals surface area contributed by atoms with Gasteiger partial charge in [0.2, 0.25) is 0 Å². The fraction of sp³-hybridized carbons (Fsp3) is 0.353. The van der Waals surface area contributed by atoms with Crippen LogP contribution in [0.5, 0.6) is 11.5 Å². The number of aliphatic carboxylic acids is 1. The van der Waals surface area contributed by atoms with Crippen LogP contribution >= 0.6 is 0 Å². The monoisotopic (exact) mass is 581 g/mol. The molecule has 2 N–H and O–H groups in total. The lowest BCUT2D eigenvalue weighted by molar-refractivity contribution is -0.146. The first-order valence-corrected chi connectivity index (χ1v) is 14.7. The highest BCUT2D eigenvalue weighted by atomic mass is 16.5. The smallest absolute Gasteiger partial charge is 0.309 e. The van der Waals surface area contributed by atoms with Crippen molar-refractivity contribution in [1.29, 1.82) is 0 Å². The van der Waals surface area contributed by atoms with Gasteiger partial charge >= 0.3 is 5.97 Å². The minimum absolute atomic E-state index is 0.00642. The molecule has 1 aliphatic heterocycles. The number of hydrogen-bond acceptors (Lipinski definition) is 8. The van der Waals surface area contributed by atoms with Crippen molar-refractivity contribution in [2.45, 2.75) is 53.1 Å². The Morgan fingerprint density at radius 2 is 1.86 bits per heavy atom. The minimum atomic E-state index is -0.858. The maximum absolute atomic E-state index is 11.7. The van der Waals surface area contributed by atoms with Gasteiger partial charge in [-0.05, 0) is 82.3 Å². The number of carboxylic acids is 1. The highest BCUT2D eigenvalue weighted by molar-refractivity contribution is 5.74. The molecule has 224 valence electrons. The molecule has 3 heterocycles. The van der Waals surface area contributed by atoms with E-state index in [0.717, 1.165) is 59.1 Å². The number of carbonyl (C=O) groups is 1. The Labute approximate surface area is 252 Å². The van der Waals surface area contributed by atoms with Gasteiger partial charge in [-0.25, -0.2) is 9.97 Å². The van der Waals surface area contributed by atoms with Crippen LogP contribution in [0.1, 0.15) is 44.7 Å². The van der Waals surface area contributed by atoms with Crippen molar-refractivity contribution in [2.75, 3.05) is 29.9 Å². The quantitative estimate of drug-likeness (QED) is 0.200. The molecule has 2 aromatic carbocycles.